The van der Waals surface area contributed by atoms with Crippen LogP contribution in [-0.4, -0.2) is 23.7 Å². The summed E-state index contributed by atoms with van der Waals surface area (Å²) in [6, 6.07) is 8.75. The number of hydrogen-bond acceptors (Lipinski definition) is 4. The molecule has 1 N–H and O–H groups in total. The fourth-order valence-electron chi connectivity index (χ4n) is 2.68. The Labute approximate surface area is 163 Å². The van der Waals surface area contributed by atoms with Crippen molar-refractivity contribution in [1.82, 2.24) is 5.32 Å². The first-order valence-electron chi connectivity index (χ1n) is 9.91. The van der Waals surface area contributed by atoms with E-state index < -0.39 is 23.7 Å². The maximum absolute atomic E-state index is 12.5. The molecule has 0 fully saturated rings. The Balaban J connectivity index is 2.60. The summed E-state index contributed by atoms with van der Waals surface area (Å²) in [6.07, 6.45) is 4.24. The Hall–Kier alpha value is -2.04. The predicted octanol–water partition coefficient (Wildman–Crippen LogP) is 5.23. The van der Waals surface area contributed by atoms with Crippen molar-refractivity contribution >= 4 is 12.1 Å². The van der Waals surface area contributed by atoms with Gasteiger partial charge in [-0.05, 0) is 45.1 Å². The van der Waals surface area contributed by atoms with Gasteiger partial charge in [-0.2, -0.15) is 0 Å². The standard InChI is InChI=1S/C22H35NO4/c1-6-7-11-17(2)14-15-19(20(24)27-22(3,4)5)23-21(25)26-16-18-12-9-8-10-13-18/h8-10,12-13,17,19H,6-7,11,14-16H2,1-5H3,(H,23,25). The highest BCUT2D eigenvalue weighted by molar-refractivity contribution is 5.81. The zero-order valence-corrected chi connectivity index (χ0v) is 17.4. The van der Waals surface area contributed by atoms with Gasteiger partial charge in [0.1, 0.15) is 18.2 Å². The molecule has 2 atom stereocenters. The average molecular weight is 378 g/mol. The second-order valence-corrected chi connectivity index (χ2v) is 8.12. The van der Waals surface area contributed by atoms with E-state index in [2.05, 4.69) is 19.2 Å². The van der Waals surface area contributed by atoms with Crippen LogP contribution in [0.1, 0.15) is 72.3 Å². The topological polar surface area (TPSA) is 64.6 Å². The monoisotopic (exact) mass is 377 g/mol. The molecule has 0 aromatic heterocycles. The van der Waals surface area contributed by atoms with E-state index in [4.69, 9.17) is 9.47 Å². The summed E-state index contributed by atoms with van der Waals surface area (Å²) in [7, 11) is 0. The highest BCUT2D eigenvalue weighted by Crippen LogP contribution is 2.17. The van der Waals surface area contributed by atoms with Crippen LogP contribution in [-0.2, 0) is 20.9 Å². The molecule has 1 aromatic rings. The fraction of sp³-hybridized carbons (Fsp3) is 0.636. The molecule has 0 radical (unpaired) electrons. The minimum absolute atomic E-state index is 0.167. The number of esters is 1. The molecule has 1 amide bonds. The number of amides is 1. The van der Waals surface area contributed by atoms with Gasteiger partial charge in [-0.3, -0.25) is 0 Å². The van der Waals surface area contributed by atoms with Crippen molar-refractivity contribution in [3.05, 3.63) is 35.9 Å². The summed E-state index contributed by atoms with van der Waals surface area (Å²) < 4.78 is 10.7. The summed E-state index contributed by atoms with van der Waals surface area (Å²) in [4.78, 5) is 24.7. The fourth-order valence-corrected chi connectivity index (χ4v) is 2.68. The van der Waals surface area contributed by atoms with Crippen LogP contribution in [0.4, 0.5) is 4.79 Å². The molecule has 0 spiro atoms. The van der Waals surface area contributed by atoms with E-state index in [0.29, 0.717) is 12.3 Å². The molecule has 0 heterocycles. The quantitative estimate of drug-likeness (QED) is 0.567. The summed E-state index contributed by atoms with van der Waals surface area (Å²) >= 11 is 0. The van der Waals surface area contributed by atoms with Crippen LogP contribution in [0, 0.1) is 5.92 Å². The first-order chi connectivity index (χ1) is 12.7. The van der Waals surface area contributed by atoms with E-state index in [1.807, 2.05) is 51.1 Å². The third-order valence-corrected chi connectivity index (χ3v) is 4.19. The molecule has 0 bridgehead atoms. The van der Waals surface area contributed by atoms with Gasteiger partial charge in [0.2, 0.25) is 0 Å². The molecule has 0 aliphatic carbocycles. The second-order valence-electron chi connectivity index (χ2n) is 8.12. The number of hydrogen-bond donors (Lipinski definition) is 1. The third kappa shape index (κ3) is 10.6. The minimum Gasteiger partial charge on any atom is -0.458 e. The molecule has 0 saturated carbocycles. The maximum Gasteiger partial charge on any atom is 0.408 e. The number of carbonyl (C=O) groups is 2. The van der Waals surface area contributed by atoms with Gasteiger partial charge >= 0.3 is 12.1 Å². The van der Waals surface area contributed by atoms with Gasteiger partial charge in [-0.25, -0.2) is 9.59 Å². The molecule has 0 saturated heterocycles. The summed E-state index contributed by atoms with van der Waals surface area (Å²) in [5.74, 6) is 0.0823. The van der Waals surface area contributed by atoms with E-state index in [0.717, 1.165) is 24.8 Å². The number of nitrogens with one attached hydrogen (secondary N) is 1. The Kier molecular flexibility index (Phi) is 9.90. The largest absolute Gasteiger partial charge is 0.458 e. The first kappa shape index (κ1) is 23.0. The molecule has 0 aliphatic heterocycles. The predicted molar refractivity (Wildman–Crippen MR) is 107 cm³/mol. The van der Waals surface area contributed by atoms with Crippen molar-refractivity contribution in [3.63, 3.8) is 0 Å². The van der Waals surface area contributed by atoms with Crippen LogP contribution < -0.4 is 5.32 Å². The first-order valence-corrected chi connectivity index (χ1v) is 9.91. The van der Waals surface area contributed by atoms with Crippen molar-refractivity contribution in [2.24, 2.45) is 5.92 Å². The SMILES string of the molecule is CCCCC(C)CCC(NC(=O)OCc1ccccc1)C(=O)OC(C)(C)C. The Morgan fingerprint density at radius 3 is 2.33 bits per heavy atom. The second kappa shape index (κ2) is 11.6. The van der Waals surface area contributed by atoms with E-state index in [1.165, 1.54) is 6.42 Å². The molecule has 5 nitrogen and oxygen atoms in total. The Bertz CT molecular complexity index is 565. The van der Waals surface area contributed by atoms with Crippen molar-refractivity contribution < 1.29 is 19.1 Å². The van der Waals surface area contributed by atoms with Crippen LogP contribution in [0.2, 0.25) is 0 Å². The van der Waals surface area contributed by atoms with E-state index >= 15 is 0 Å². The average Bonchev–Trinajstić information content (AvgIpc) is 2.61. The lowest BCUT2D eigenvalue weighted by Crippen LogP contribution is -2.44. The lowest BCUT2D eigenvalue weighted by molar-refractivity contribution is -0.157. The number of carbonyl (C=O) groups excluding carboxylic acids is 2. The normalized spacial score (nSPS) is 13.5. The van der Waals surface area contributed by atoms with Crippen molar-refractivity contribution in [2.75, 3.05) is 0 Å². The summed E-state index contributed by atoms with van der Waals surface area (Å²) in [5, 5.41) is 2.69. The summed E-state index contributed by atoms with van der Waals surface area (Å²) in [6.45, 7) is 9.97. The third-order valence-electron chi connectivity index (χ3n) is 4.19. The molecular weight excluding hydrogens is 342 g/mol. The highest BCUT2D eigenvalue weighted by atomic mass is 16.6. The lowest BCUT2D eigenvalue weighted by atomic mass is 9.96. The van der Waals surface area contributed by atoms with Crippen molar-refractivity contribution in [3.8, 4) is 0 Å². The number of rotatable bonds is 10. The maximum atomic E-state index is 12.5. The van der Waals surface area contributed by atoms with Crippen LogP contribution in [0.5, 0.6) is 0 Å². The zero-order valence-electron chi connectivity index (χ0n) is 17.4. The number of alkyl carbamates (subject to hydrolysis) is 1. The van der Waals surface area contributed by atoms with E-state index in [9.17, 15) is 9.59 Å². The highest BCUT2D eigenvalue weighted by Gasteiger charge is 2.27. The molecule has 1 rings (SSSR count). The van der Waals surface area contributed by atoms with E-state index in [-0.39, 0.29) is 6.61 Å². The van der Waals surface area contributed by atoms with Crippen molar-refractivity contribution in [2.45, 2.75) is 85.0 Å². The summed E-state index contributed by atoms with van der Waals surface area (Å²) in [5.41, 5.74) is 0.299. The molecule has 5 heteroatoms. The van der Waals surface area contributed by atoms with Gasteiger partial charge < -0.3 is 14.8 Å². The van der Waals surface area contributed by atoms with E-state index in [1.54, 1.807) is 0 Å². The minimum atomic E-state index is -0.698. The molecule has 27 heavy (non-hydrogen) atoms. The van der Waals surface area contributed by atoms with Crippen LogP contribution in [0.25, 0.3) is 0 Å². The lowest BCUT2D eigenvalue weighted by Gasteiger charge is -2.25. The molecule has 152 valence electrons. The Morgan fingerprint density at radius 1 is 1.07 bits per heavy atom. The number of benzene rings is 1. The number of unbranched alkanes of at least 4 members (excludes halogenated alkanes) is 1. The number of ether oxygens (including phenoxy) is 2. The van der Waals surface area contributed by atoms with Crippen LogP contribution >= 0.6 is 0 Å². The molecule has 1 aromatic carbocycles. The van der Waals surface area contributed by atoms with Crippen molar-refractivity contribution in [1.29, 1.82) is 0 Å². The van der Waals surface area contributed by atoms with Gasteiger partial charge in [0.25, 0.3) is 0 Å². The van der Waals surface area contributed by atoms with Crippen LogP contribution in [0.3, 0.4) is 0 Å². The molecule has 0 aliphatic rings. The Morgan fingerprint density at radius 2 is 1.74 bits per heavy atom. The van der Waals surface area contributed by atoms with Gasteiger partial charge in [0.05, 0.1) is 0 Å². The smallest absolute Gasteiger partial charge is 0.408 e. The zero-order chi connectivity index (χ0) is 20.3. The van der Waals surface area contributed by atoms with Gasteiger partial charge in [0, 0.05) is 0 Å². The molecule has 2 unspecified atom stereocenters. The molecular formula is C22H35NO4. The van der Waals surface area contributed by atoms with Crippen LogP contribution in [0.15, 0.2) is 30.3 Å². The van der Waals surface area contributed by atoms with Gasteiger partial charge in [-0.1, -0.05) is 63.4 Å². The van der Waals surface area contributed by atoms with Gasteiger partial charge in [-0.15, -0.1) is 0 Å². The van der Waals surface area contributed by atoms with Gasteiger partial charge in [0.15, 0.2) is 0 Å².